The molecule has 7 heteroatoms. The standard InChI is InChI=1S/C10H10BrNO5/c1-16-9-7(5-11)3-6(10(13)17-2)4-8(9)12(14)15/h3-4H,5H2,1-2H3. The monoisotopic (exact) mass is 303 g/mol. The largest absolute Gasteiger partial charge is 0.490 e. The summed E-state index contributed by atoms with van der Waals surface area (Å²) in [7, 11) is 2.55. The highest BCUT2D eigenvalue weighted by Gasteiger charge is 2.22. The fourth-order valence-corrected chi connectivity index (χ4v) is 1.80. The molecule has 0 aliphatic heterocycles. The van der Waals surface area contributed by atoms with Gasteiger partial charge < -0.3 is 9.47 Å². The molecule has 0 aliphatic carbocycles. The van der Waals surface area contributed by atoms with E-state index in [1.807, 2.05) is 0 Å². The van der Waals surface area contributed by atoms with E-state index in [2.05, 4.69) is 20.7 Å². The maximum absolute atomic E-state index is 11.4. The lowest BCUT2D eigenvalue weighted by atomic mass is 10.1. The molecular formula is C10H10BrNO5. The first-order valence-corrected chi connectivity index (χ1v) is 5.66. The van der Waals surface area contributed by atoms with Gasteiger partial charge in [0.15, 0.2) is 0 Å². The van der Waals surface area contributed by atoms with Gasteiger partial charge in [0.1, 0.15) is 0 Å². The fourth-order valence-electron chi connectivity index (χ4n) is 1.38. The lowest BCUT2D eigenvalue weighted by Gasteiger charge is -2.08. The Morgan fingerprint density at radius 2 is 2.12 bits per heavy atom. The average molecular weight is 304 g/mol. The van der Waals surface area contributed by atoms with Crippen LogP contribution in [0.2, 0.25) is 0 Å². The van der Waals surface area contributed by atoms with Gasteiger partial charge in [-0.25, -0.2) is 4.79 Å². The van der Waals surface area contributed by atoms with E-state index in [1.54, 1.807) is 0 Å². The van der Waals surface area contributed by atoms with Crippen LogP contribution in [0.25, 0.3) is 0 Å². The summed E-state index contributed by atoms with van der Waals surface area (Å²) in [5.41, 5.74) is 0.376. The third kappa shape index (κ3) is 2.73. The minimum Gasteiger partial charge on any atom is -0.490 e. The van der Waals surface area contributed by atoms with Gasteiger partial charge in [0.25, 0.3) is 0 Å². The molecule has 0 bridgehead atoms. The van der Waals surface area contributed by atoms with Crippen molar-refractivity contribution in [3.8, 4) is 5.75 Å². The lowest BCUT2D eigenvalue weighted by Crippen LogP contribution is -2.05. The Kier molecular flexibility index (Phi) is 4.45. The minimum absolute atomic E-state index is 0.120. The van der Waals surface area contributed by atoms with E-state index in [1.165, 1.54) is 20.3 Å². The Balaban J connectivity index is 3.45. The van der Waals surface area contributed by atoms with E-state index in [0.717, 1.165) is 6.07 Å². The third-order valence-corrected chi connectivity index (χ3v) is 2.72. The highest BCUT2D eigenvalue weighted by molar-refractivity contribution is 9.08. The summed E-state index contributed by atoms with van der Waals surface area (Å²) in [5, 5.41) is 11.2. The molecule has 0 fully saturated rings. The number of rotatable bonds is 4. The number of benzene rings is 1. The summed E-state index contributed by atoms with van der Waals surface area (Å²) in [6.07, 6.45) is 0. The Morgan fingerprint density at radius 3 is 2.53 bits per heavy atom. The molecule has 0 aromatic heterocycles. The summed E-state index contributed by atoms with van der Waals surface area (Å²) >= 11 is 3.18. The van der Waals surface area contributed by atoms with Gasteiger partial charge in [-0.15, -0.1) is 0 Å². The Hall–Kier alpha value is -1.63. The van der Waals surface area contributed by atoms with Crippen LogP contribution in [0, 0.1) is 10.1 Å². The molecule has 92 valence electrons. The second-order valence-electron chi connectivity index (χ2n) is 3.07. The second-order valence-corrected chi connectivity index (χ2v) is 3.63. The molecule has 0 spiro atoms. The van der Waals surface area contributed by atoms with Crippen molar-refractivity contribution in [1.82, 2.24) is 0 Å². The lowest BCUT2D eigenvalue weighted by molar-refractivity contribution is -0.385. The molecule has 1 aromatic carbocycles. The number of esters is 1. The van der Waals surface area contributed by atoms with Crippen molar-refractivity contribution < 1.29 is 19.2 Å². The smallest absolute Gasteiger partial charge is 0.338 e. The number of nitro groups is 1. The predicted molar refractivity (Wildman–Crippen MR) is 63.6 cm³/mol. The molecule has 0 N–H and O–H groups in total. The van der Waals surface area contributed by atoms with Crippen LogP contribution in [0.15, 0.2) is 12.1 Å². The summed E-state index contributed by atoms with van der Waals surface area (Å²) in [5.74, 6) is -0.488. The number of carbonyl (C=O) groups is 1. The zero-order valence-electron chi connectivity index (χ0n) is 9.23. The van der Waals surface area contributed by atoms with E-state index in [9.17, 15) is 14.9 Å². The minimum atomic E-state index is -0.627. The quantitative estimate of drug-likeness (QED) is 0.369. The van der Waals surface area contributed by atoms with E-state index in [-0.39, 0.29) is 17.0 Å². The highest BCUT2D eigenvalue weighted by atomic mass is 79.9. The zero-order valence-corrected chi connectivity index (χ0v) is 10.8. The van der Waals surface area contributed by atoms with Gasteiger partial charge in [-0.3, -0.25) is 10.1 Å². The number of nitro benzene ring substituents is 1. The number of carbonyl (C=O) groups excluding carboxylic acids is 1. The van der Waals surface area contributed by atoms with E-state index >= 15 is 0 Å². The number of alkyl halides is 1. The molecule has 6 nitrogen and oxygen atoms in total. The SMILES string of the molecule is COC(=O)c1cc(CBr)c(OC)c([N+](=O)[O-])c1. The first-order chi connectivity index (χ1) is 8.04. The summed E-state index contributed by atoms with van der Waals surface area (Å²) < 4.78 is 9.50. The van der Waals surface area contributed by atoms with Crippen molar-refractivity contribution in [3.63, 3.8) is 0 Å². The molecule has 0 saturated carbocycles. The van der Waals surface area contributed by atoms with Gasteiger partial charge in [0.05, 0.1) is 24.7 Å². The van der Waals surface area contributed by atoms with Crippen molar-refractivity contribution in [2.45, 2.75) is 5.33 Å². The van der Waals surface area contributed by atoms with Crippen molar-refractivity contribution in [2.75, 3.05) is 14.2 Å². The van der Waals surface area contributed by atoms with Crippen molar-refractivity contribution in [1.29, 1.82) is 0 Å². The molecule has 17 heavy (non-hydrogen) atoms. The maximum Gasteiger partial charge on any atom is 0.338 e. The van der Waals surface area contributed by atoms with E-state index in [0.29, 0.717) is 10.9 Å². The summed E-state index contributed by atoms with van der Waals surface area (Å²) in [6.45, 7) is 0. The Bertz CT molecular complexity index is 460. The van der Waals surface area contributed by atoms with Gasteiger partial charge >= 0.3 is 11.7 Å². The van der Waals surface area contributed by atoms with E-state index in [4.69, 9.17) is 4.74 Å². The number of ether oxygens (including phenoxy) is 2. The molecule has 0 aliphatic rings. The predicted octanol–water partition coefficient (Wildman–Crippen LogP) is 2.28. The molecule has 1 aromatic rings. The van der Waals surface area contributed by atoms with Gasteiger partial charge in [0.2, 0.25) is 5.75 Å². The van der Waals surface area contributed by atoms with Crippen LogP contribution in [0.5, 0.6) is 5.75 Å². The Morgan fingerprint density at radius 1 is 1.47 bits per heavy atom. The first kappa shape index (κ1) is 13.4. The van der Waals surface area contributed by atoms with Gasteiger partial charge in [-0.1, -0.05) is 15.9 Å². The Labute approximate surface area is 106 Å². The van der Waals surface area contributed by atoms with Crippen molar-refractivity contribution in [2.24, 2.45) is 0 Å². The summed E-state index contributed by atoms with van der Waals surface area (Å²) in [6, 6.07) is 2.63. The summed E-state index contributed by atoms with van der Waals surface area (Å²) in [4.78, 5) is 21.6. The molecule has 0 heterocycles. The van der Waals surface area contributed by atoms with Crippen LogP contribution >= 0.6 is 15.9 Å². The molecule has 1 rings (SSSR count). The third-order valence-electron chi connectivity index (χ3n) is 2.11. The van der Waals surface area contributed by atoms with Crippen molar-refractivity contribution in [3.05, 3.63) is 33.4 Å². The van der Waals surface area contributed by atoms with Crippen LogP contribution in [0.1, 0.15) is 15.9 Å². The normalized spacial score (nSPS) is 9.82. The average Bonchev–Trinajstić information content (AvgIpc) is 2.35. The molecule has 0 saturated heterocycles. The van der Waals surface area contributed by atoms with Crippen LogP contribution < -0.4 is 4.74 Å². The number of hydrogen-bond acceptors (Lipinski definition) is 5. The zero-order chi connectivity index (χ0) is 13.0. The molecule has 0 amide bonds. The van der Waals surface area contributed by atoms with Gasteiger partial charge in [-0.05, 0) is 6.07 Å². The molecule has 0 atom stereocenters. The fraction of sp³-hybridized carbons (Fsp3) is 0.300. The maximum atomic E-state index is 11.4. The van der Waals surface area contributed by atoms with Crippen LogP contribution in [0.4, 0.5) is 5.69 Å². The number of halogens is 1. The van der Waals surface area contributed by atoms with Gasteiger partial charge in [-0.2, -0.15) is 0 Å². The first-order valence-electron chi connectivity index (χ1n) is 4.54. The number of nitrogens with zero attached hydrogens (tertiary/aromatic N) is 1. The molecular weight excluding hydrogens is 294 g/mol. The van der Waals surface area contributed by atoms with Crippen molar-refractivity contribution >= 4 is 27.6 Å². The number of methoxy groups -OCH3 is 2. The second kappa shape index (κ2) is 5.62. The van der Waals surface area contributed by atoms with Crippen LogP contribution in [0.3, 0.4) is 0 Å². The van der Waals surface area contributed by atoms with Crippen LogP contribution in [-0.4, -0.2) is 25.1 Å². The van der Waals surface area contributed by atoms with Crippen LogP contribution in [-0.2, 0) is 10.1 Å². The molecule has 0 unspecified atom stereocenters. The molecule has 0 radical (unpaired) electrons. The topological polar surface area (TPSA) is 78.7 Å². The van der Waals surface area contributed by atoms with E-state index < -0.39 is 10.9 Å². The van der Waals surface area contributed by atoms with Gasteiger partial charge in [0, 0.05) is 17.0 Å². The number of hydrogen-bond donors (Lipinski definition) is 0. The highest BCUT2D eigenvalue weighted by Crippen LogP contribution is 2.33.